The van der Waals surface area contributed by atoms with E-state index in [4.69, 9.17) is 4.42 Å². The molecule has 0 spiro atoms. The summed E-state index contributed by atoms with van der Waals surface area (Å²) in [5, 5.41) is 15.8. The monoisotopic (exact) mass is 391 g/mol. The fourth-order valence-corrected chi connectivity index (χ4v) is 3.33. The Balaban J connectivity index is 1.43. The standard InChI is InChI=1S/C21H17N3O5/c25-20(22-17-8-3-6-14-5-1-2-7-16(14)17)9-4-12-23-18-11-10-15(24(27)28)13-19(18)29-21(23)26/h1-3,5-8,10-11,13H,4,9,12H2,(H,22,25). The number of nitrogens with one attached hydrogen (secondary N) is 1. The third-order valence-electron chi connectivity index (χ3n) is 4.71. The van der Waals surface area contributed by atoms with Crippen LogP contribution in [0.2, 0.25) is 0 Å². The van der Waals surface area contributed by atoms with E-state index in [1.807, 2.05) is 42.5 Å². The zero-order chi connectivity index (χ0) is 20.4. The number of aryl methyl sites for hydroxylation is 1. The molecule has 0 fully saturated rings. The van der Waals surface area contributed by atoms with Crippen molar-refractivity contribution in [2.75, 3.05) is 5.32 Å². The van der Waals surface area contributed by atoms with Crippen molar-refractivity contribution in [3.05, 3.63) is 81.3 Å². The molecule has 0 saturated heterocycles. The van der Waals surface area contributed by atoms with E-state index in [-0.39, 0.29) is 30.1 Å². The molecule has 1 heterocycles. The largest absolute Gasteiger partial charge is 0.419 e. The summed E-state index contributed by atoms with van der Waals surface area (Å²) in [4.78, 5) is 34.7. The van der Waals surface area contributed by atoms with Crippen LogP contribution in [0.25, 0.3) is 21.9 Å². The van der Waals surface area contributed by atoms with Crippen LogP contribution in [-0.4, -0.2) is 15.4 Å². The van der Waals surface area contributed by atoms with Crippen LogP contribution in [0.5, 0.6) is 0 Å². The van der Waals surface area contributed by atoms with Gasteiger partial charge in [0.25, 0.3) is 5.69 Å². The molecular formula is C21H17N3O5. The lowest BCUT2D eigenvalue weighted by Crippen LogP contribution is -2.17. The number of nitro benzene ring substituents is 1. The zero-order valence-electron chi connectivity index (χ0n) is 15.3. The molecule has 0 aliphatic rings. The third kappa shape index (κ3) is 3.73. The summed E-state index contributed by atoms with van der Waals surface area (Å²) in [6.45, 7) is 0.270. The van der Waals surface area contributed by atoms with Gasteiger partial charge in [-0.1, -0.05) is 36.4 Å². The van der Waals surface area contributed by atoms with Crippen LogP contribution in [-0.2, 0) is 11.3 Å². The lowest BCUT2D eigenvalue weighted by atomic mass is 10.1. The minimum Gasteiger partial charge on any atom is -0.407 e. The van der Waals surface area contributed by atoms with Crippen molar-refractivity contribution in [2.45, 2.75) is 19.4 Å². The number of carbonyl (C=O) groups is 1. The average molecular weight is 391 g/mol. The molecule has 8 heteroatoms. The molecule has 29 heavy (non-hydrogen) atoms. The Morgan fingerprint density at radius 3 is 2.72 bits per heavy atom. The van der Waals surface area contributed by atoms with Gasteiger partial charge in [0.05, 0.1) is 16.5 Å². The number of nitrogens with zero attached hydrogens (tertiary/aromatic N) is 2. The highest BCUT2D eigenvalue weighted by molar-refractivity contribution is 6.02. The van der Waals surface area contributed by atoms with Crippen molar-refractivity contribution in [1.82, 2.24) is 4.57 Å². The maximum absolute atomic E-state index is 12.4. The topological polar surface area (TPSA) is 107 Å². The number of carbonyl (C=O) groups excluding carboxylic acids is 1. The maximum Gasteiger partial charge on any atom is 0.419 e. The number of nitro groups is 1. The molecular weight excluding hydrogens is 374 g/mol. The van der Waals surface area contributed by atoms with Crippen molar-refractivity contribution in [3.63, 3.8) is 0 Å². The van der Waals surface area contributed by atoms with Crippen LogP contribution in [0.4, 0.5) is 11.4 Å². The molecule has 0 saturated carbocycles. The first kappa shape index (κ1) is 18.4. The Labute approximate surface area is 164 Å². The SMILES string of the molecule is O=C(CCCn1c(=O)oc2cc([N+](=O)[O-])ccc21)Nc1cccc2ccccc12. The second kappa shape index (κ2) is 7.59. The van der Waals surface area contributed by atoms with Crippen molar-refractivity contribution in [2.24, 2.45) is 0 Å². The number of benzene rings is 3. The number of aromatic nitrogens is 1. The lowest BCUT2D eigenvalue weighted by Gasteiger charge is -2.09. The molecule has 1 N–H and O–H groups in total. The first-order valence-electron chi connectivity index (χ1n) is 9.08. The van der Waals surface area contributed by atoms with Crippen molar-refractivity contribution >= 4 is 39.2 Å². The van der Waals surface area contributed by atoms with E-state index in [1.165, 1.54) is 22.8 Å². The fraction of sp³-hybridized carbons (Fsp3) is 0.143. The van der Waals surface area contributed by atoms with Crippen LogP contribution in [0.1, 0.15) is 12.8 Å². The van der Waals surface area contributed by atoms with E-state index in [0.29, 0.717) is 11.9 Å². The van der Waals surface area contributed by atoms with Crippen molar-refractivity contribution in [1.29, 1.82) is 0 Å². The fourth-order valence-electron chi connectivity index (χ4n) is 3.33. The van der Waals surface area contributed by atoms with Crippen LogP contribution in [0.3, 0.4) is 0 Å². The first-order valence-corrected chi connectivity index (χ1v) is 9.08. The highest BCUT2D eigenvalue weighted by Crippen LogP contribution is 2.23. The normalized spacial score (nSPS) is 11.0. The van der Waals surface area contributed by atoms with Gasteiger partial charge in [-0.3, -0.25) is 19.5 Å². The minimum atomic E-state index is -0.602. The molecule has 4 rings (SSSR count). The van der Waals surface area contributed by atoms with Gasteiger partial charge in [0.1, 0.15) is 0 Å². The second-order valence-electron chi connectivity index (χ2n) is 6.61. The maximum atomic E-state index is 12.4. The molecule has 8 nitrogen and oxygen atoms in total. The van der Waals surface area contributed by atoms with E-state index in [0.717, 1.165) is 16.5 Å². The number of amides is 1. The van der Waals surface area contributed by atoms with Crippen LogP contribution in [0.15, 0.2) is 69.9 Å². The summed E-state index contributed by atoms with van der Waals surface area (Å²) in [7, 11) is 0. The molecule has 4 aromatic rings. The molecule has 0 aliphatic heterocycles. The summed E-state index contributed by atoms with van der Waals surface area (Å²) >= 11 is 0. The van der Waals surface area contributed by atoms with Crippen LogP contribution >= 0.6 is 0 Å². The smallest absolute Gasteiger partial charge is 0.407 e. The summed E-state index contributed by atoms with van der Waals surface area (Å²) in [5.41, 5.74) is 1.22. The second-order valence-corrected chi connectivity index (χ2v) is 6.61. The van der Waals surface area contributed by atoms with Gasteiger partial charge in [0, 0.05) is 30.1 Å². The van der Waals surface area contributed by atoms with E-state index < -0.39 is 10.7 Å². The minimum absolute atomic E-state index is 0.145. The Kier molecular flexibility index (Phi) is 4.82. The Morgan fingerprint density at radius 1 is 1.10 bits per heavy atom. The molecule has 0 aliphatic carbocycles. The van der Waals surface area contributed by atoms with Crippen LogP contribution in [0, 0.1) is 10.1 Å². The molecule has 1 aromatic heterocycles. The number of anilines is 1. The molecule has 1 amide bonds. The predicted molar refractivity (Wildman–Crippen MR) is 109 cm³/mol. The molecule has 0 unspecified atom stereocenters. The Hall–Kier alpha value is -3.94. The summed E-state index contributed by atoms with van der Waals surface area (Å²) in [6.07, 6.45) is 0.636. The summed E-state index contributed by atoms with van der Waals surface area (Å²) < 4.78 is 6.47. The molecule has 0 radical (unpaired) electrons. The number of oxazole rings is 1. The highest BCUT2D eigenvalue weighted by Gasteiger charge is 2.14. The number of non-ortho nitro benzene ring substituents is 1. The molecule has 146 valence electrons. The van der Waals surface area contributed by atoms with Gasteiger partial charge in [0.15, 0.2) is 5.58 Å². The quantitative estimate of drug-likeness (QED) is 0.394. The van der Waals surface area contributed by atoms with Gasteiger partial charge in [-0.25, -0.2) is 4.79 Å². The average Bonchev–Trinajstić information content (AvgIpc) is 3.03. The van der Waals surface area contributed by atoms with Gasteiger partial charge in [-0.15, -0.1) is 0 Å². The van der Waals surface area contributed by atoms with E-state index in [2.05, 4.69) is 5.32 Å². The molecule has 0 atom stereocenters. The third-order valence-corrected chi connectivity index (χ3v) is 4.71. The number of hydrogen-bond donors (Lipinski definition) is 1. The van der Waals surface area contributed by atoms with Crippen LogP contribution < -0.4 is 11.1 Å². The first-order chi connectivity index (χ1) is 14.0. The number of hydrogen-bond acceptors (Lipinski definition) is 5. The van der Waals surface area contributed by atoms with E-state index in [9.17, 15) is 19.7 Å². The van der Waals surface area contributed by atoms with Crippen molar-refractivity contribution in [3.8, 4) is 0 Å². The predicted octanol–water partition coefficient (Wildman–Crippen LogP) is 4.07. The van der Waals surface area contributed by atoms with Gasteiger partial charge in [-0.05, 0) is 23.9 Å². The summed E-state index contributed by atoms with van der Waals surface area (Å²) in [6, 6.07) is 17.5. The lowest BCUT2D eigenvalue weighted by molar-refractivity contribution is -0.384. The summed E-state index contributed by atoms with van der Waals surface area (Å²) in [5.74, 6) is -0.757. The van der Waals surface area contributed by atoms with Crippen molar-refractivity contribution < 1.29 is 14.1 Å². The number of rotatable bonds is 6. The molecule has 3 aromatic carbocycles. The van der Waals surface area contributed by atoms with E-state index in [1.54, 1.807) is 0 Å². The van der Waals surface area contributed by atoms with Gasteiger partial charge in [0.2, 0.25) is 5.91 Å². The number of fused-ring (bicyclic) bond motifs is 2. The van der Waals surface area contributed by atoms with E-state index >= 15 is 0 Å². The zero-order valence-corrected chi connectivity index (χ0v) is 15.3. The molecule has 0 bridgehead atoms. The van der Waals surface area contributed by atoms with Gasteiger partial charge in [-0.2, -0.15) is 0 Å². The Bertz CT molecular complexity index is 1280. The highest BCUT2D eigenvalue weighted by atomic mass is 16.6. The van der Waals surface area contributed by atoms with Gasteiger partial charge >= 0.3 is 5.76 Å². The Morgan fingerprint density at radius 2 is 1.90 bits per heavy atom. The van der Waals surface area contributed by atoms with Gasteiger partial charge < -0.3 is 9.73 Å².